The number of oxime groups is 1. The van der Waals surface area contributed by atoms with Crippen LogP contribution in [-0.4, -0.2) is 70.1 Å². The van der Waals surface area contributed by atoms with Gasteiger partial charge in [-0.1, -0.05) is 18.5 Å². The van der Waals surface area contributed by atoms with E-state index in [2.05, 4.69) is 20.8 Å². The van der Waals surface area contributed by atoms with E-state index in [-0.39, 0.29) is 40.4 Å². The van der Waals surface area contributed by atoms with Crippen LogP contribution in [0.3, 0.4) is 0 Å². The van der Waals surface area contributed by atoms with E-state index in [1.54, 1.807) is 29.1 Å². The molecule has 2 atom stereocenters. The molecule has 4 heterocycles. The van der Waals surface area contributed by atoms with Crippen molar-refractivity contribution in [1.29, 1.82) is 0 Å². The Morgan fingerprint density at radius 2 is 2.08 bits per heavy atom. The average molecular weight is 574 g/mol. The van der Waals surface area contributed by atoms with E-state index >= 15 is 0 Å². The third-order valence-electron chi connectivity index (χ3n) is 6.03. The van der Waals surface area contributed by atoms with Gasteiger partial charge in [-0.25, -0.2) is 9.55 Å². The van der Waals surface area contributed by atoms with Gasteiger partial charge in [0.25, 0.3) is 17.7 Å². The molecule has 0 unspecified atom stereocenters. The Bertz CT molecular complexity index is 1340. The number of hydrogen-bond acceptors (Lipinski definition) is 11. The number of carbonyl (C=O) groups is 4. The number of rotatable bonds is 11. The van der Waals surface area contributed by atoms with Crippen LogP contribution < -0.4 is 26.0 Å². The molecule has 0 spiro atoms. The number of nitrogens with two attached hydrogens (primary N) is 1. The quantitative estimate of drug-likeness (QED) is 0.0997. The summed E-state index contributed by atoms with van der Waals surface area (Å²) in [5.74, 6) is -2.67. The van der Waals surface area contributed by atoms with Gasteiger partial charge in [-0.15, -0.1) is 23.1 Å². The second kappa shape index (κ2) is 12.3. The normalized spacial score (nSPS) is 18.8. The Kier molecular flexibility index (Phi) is 8.81. The predicted octanol–water partition coefficient (Wildman–Crippen LogP) is -1.00. The fraction of sp³-hybridized carbons (Fsp3) is 0.375. The first kappa shape index (κ1) is 28.0. The number of unbranched alkanes of at least 4 members (excludes halogenated alkanes) is 1. The lowest BCUT2D eigenvalue weighted by molar-refractivity contribution is -0.689. The number of carboxylic acids is 1. The largest absolute Gasteiger partial charge is 0.543 e. The van der Waals surface area contributed by atoms with E-state index < -0.39 is 29.2 Å². The number of β-lactam (4-membered cyclic amide) rings is 1. The molecular weight excluding hydrogens is 546 g/mol. The Labute approximate surface area is 232 Å². The van der Waals surface area contributed by atoms with Crippen molar-refractivity contribution in [2.75, 3.05) is 25.1 Å². The fourth-order valence-corrected chi connectivity index (χ4v) is 5.99. The minimum absolute atomic E-state index is 0.159. The van der Waals surface area contributed by atoms with Gasteiger partial charge in [0.05, 0.1) is 17.2 Å². The van der Waals surface area contributed by atoms with Crippen LogP contribution in [0.15, 0.2) is 46.3 Å². The lowest BCUT2D eigenvalue weighted by Gasteiger charge is -2.50. The van der Waals surface area contributed by atoms with Crippen molar-refractivity contribution < 1.29 is 33.7 Å². The van der Waals surface area contributed by atoms with Crippen LogP contribution in [0.25, 0.3) is 0 Å². The highest BCUT2D eigenvalue weighted by atomic mass is 32.2. The first-order valence-electron chi connectivity index (χ1n) is 12.0. The molecule has 0 radical (unpaired) electrons. The maximum absolute atomic E-state index is 13.0. The second-order valence-electron chi connectivity index (χ2n) is 8.66. The van der Waals surface area contributed by atoms with Gasteiger partial charge in [0, 0.05) is 35.4 Å². The summed E-state index contributed by atoms with van der Waals surface area (Å²) < 4.78 is 1.72. The first-order valence-corrected chi connectivity index (χ1v) is 14.0. The van der Waals surface area contributed by atoms with Gasteiger partial charge in [0.2, 0.25) is 0 Å². The lowest BCUT2D eigenvalue weighted by atomic mass is 10.0. The van der Waals surface area contributed by atoms with Crippen LogP contribution in [0.5, 0.6) is 0 Å². The van der Waals surface area contributed by atoms with E-state index in [0.29, 0.717) is 17.7 Å². The molecule has 0 saturated carbocycles. The summed E-state index contributed by atoms with van der Waals surface area (Å²) in [5.41, 5.74) is 6.42. The second-order valence-corrected chi connectivity index (χ2v) is 10.7. The molecule has 2 aromatic heterocycles. The van der Waals surface area contributed by atoms with E-state index in [9.17, 15) is 24.3 Å². The molecule has 3 amide bonds. The minimum atomic E-state index is -1.49. The maximum atomic E-state index is 13.0. The fourth-order valence-electron chi connectivity index (χ4n) is 4.11. The number of thioether (sulfide) groups is 1. The van der Waals surface area contributed by atoms with Crippen molar-refractivity contribution in [1.82, 2.24) is 20.5 Å². The highest BCUT2D eigenvalue weighted by Gasteiger charge is 2.53. The van der Waals surface area contributed by atoms with E-state index in [4.69, 9.17) is 10.6 Å². The van der Waals surface area contributed by atoms with E-state index in [0.717, 1.165) is 29.1 Å². The number of nitrogens with zero attached hydrogens (tertiary/aromatic N) is 4. The van der Waals surface area contributed by atoms with Crippen LogP contribution in [0.2, 0.25) is 0 Å². The molecule has 13 nitrogen and oxygen atoms in total. The molecule has 0 aromatic carbocycles. The van der Waals surface area contributed by atoms with Gasteiger partial charge in [-0.3, -0.25) is 19.3 Å². The number of hydrogen-bond donors (Lipinski definition) is 3. The van der Waals surface area contributed by atoms with Crippen molar-refractivity contribution in [2.45, 2.75) is 37.7 Å². The van der Waals surface area contributed by atoms with E-state index in [1.165, 1.54) is 24.3 Å². The van der Waals surface area contributed by atoms with Gasteiger partial charge in [-0.2, -0.15) is 0 Å². The Morgan fingerprint density at radius 3 is 2.69 bits per heavy atom. The molecular formula is C24H27N7O6S2. The number of carboxylic acid groups (broad SMARTS) is 1. The lowest BCUT2D eigenvalue weighted by Crippen LogP contribution is -2.71. The van der Waals surface area contributed by atoms with Gasteiger partial charge >= 0.3 is 0 Å². The summed E-state index contributed by atoms with van der Waals surface area (Å²) in [5, 5.41) is 22.4. The van der Waals surface area contributed by atoms with E-state index in [1.807, 2.05) is 6.92 Å². The zero-order valence-electron chi connectivity index (χ0n) is 21.2. The Balaban J connectivity index is 1.46. The van der Waals surface area contributed by atoms with Gasteiger partial charge in [-0.05, 0) is 6.42 Å². The number of aromatic nitrogens is 2. The number of thiazole rings is 1. The SMILES string of the molecule is CCCCNC(=O)c1cc[n+](CC2=C(C(=O)[O-])N3C(=O)[C@@H](NC(=O)/C(=N\OC)c4csc(N)n4)[C@H]3SC2)cc1. The number of fused-ring (bicyclic) bond motifs is 1. The zero-order chi connectivity index (χ0) is 28.1. The summed E-state index contributed by atoms with van der Waals surface area (Å²) >= 11 is 2.43. The standard InChI is InChI=1S/C24H27N7O6S2/c1-3-4-7-26-19(32)13-5-8-30(9-6-13)10-14-11-38-22-17(21(34)31(22)18(14)23(35)36)28-20(33)16(29-37-2)15-12-39-24(25)27-15/h5-6,8-9,12,17,22H,3-4,7,10-11H2,1-2H3,(H4-,25,26,27,28,32,33,35,36)/b29-16-/t17-,22-/m1/s1. The molecule has 2 aromatic rings. The summed E-state index contributed by atoms with van der Waals surface area (Å²) in [6.45, 7) is 2.81. The highest BCUT2D eigenvalue weighted by Crippen LogP contribution is 2.40. The highest BCUT2D eigenvalue weighted by molar-refractivity contribution is 8.00. The van der Waals surface area contributed by atoms with Gasteiger partial charge in [0.15, 0.2) is 29.8 Å². The molecule has 39 heavy (non-hydrogen) atoms. The van der Waals surface area contributed by atoms with Crippen molar-refractivity contribution in [3.63, 3.8) is 0 Å². The molecule has 4 rings (SSSR count). The smallest absolute Gasteiger partial charge is 0.276 e. The molecule has 2 aliphatic rings. The number of amides is 3. The molecule has 15 heteroatoms. The number of nitrogen functional groups attached to an aromatic ring is 1. The summed E-state index contributed by atoms with van der Waals surface area (Å²) in [7, 11) is 1.27. The topological polar surface area (TPSA) is 183 Å². The third-order valence-corrected chi connectivity index (χ3v) is 8.05. The monoisotopic (exact) mass is 573 g/mol. The molecule has 1 saturated heterocycles. The number of pyridine rings is 1. The van der Waals surface area contributed by atoms with Crippen LogP contribution >= 0.6 is 23.1 Å². The minimum Gasteiger partial charge on any atom is -0.543 e. The molecule has 4 N–H and O–H groups in total. The number of carbonyl (C=O) groups excluding carboxylic acids is 4. The van der Waals surface area contributed by atoms with Gasteiger partial charge in [0.1, 0.15) is 24.2 Å². The Morgan fingerprint density at radius 1 is 1.33 bits per heavy atom. The van der Waals surface area contributed by atoms with Crippen molar-refractivity contribution in [2.24, 2.45) is 5.16 Å². The van der Waals surface area contributed by atoms with Crippen LogP contribution in [0, 0.1) is 0 Å². The first-order chi connectivity index (χ1) is 18.7. The molecule has 206 valence electrons. The average Bonchev–Trinajstić information content (AvgIpc) is 3.35. The van der Waals surface area contributed by atoms with Crippen molar-refractivity contribution >= 4 is 57.6 Å². The number of nitrogens with one attached hydrogen (secondary N) is 2. The summed E-state index contributed by atoms with van der Waals surface area (Å²) in [4.78, 5) is 60.1. The zero-order valence-corrected chi connectivity index (χ0v) is 22.8. The van der Waals surface area contributed by atoms with Crippen LogP contribution in [0.1, 0.15) is 35.8 Å². The number of aliphatic carboxylic acids is 1. The molecule has 2 aliphatic heterocycles. The van der Waals surface area contributed by atoms with Crippen LogP contribution in [-0.2, 0) is 25.8 Å². The summed E-state index contributed by atoms with van der Waals surface area (Å²) in [6, 6.07) is 2.32. The predicted molar refractivity (Wildman–Crippen MR) is 141 cm³/mol. The summed E-state index contributed by atoms with van der Waals surface area (Å²) in [6.07, 6.45) is 5.21. The molecule has 0 bridgehead atoms. The van der Waals surface area contributed by atoms with Gasteiger partial charge < -0.3 is 31.1 Å². The molecule has 1 fully saturated rings. The Hall–Kier alpha value is -3.98. The van der Waals surface area contributed by atoms with Crippen molar-refractivity contribution in [3.05, 3.63) is 52.4 Å². The van der Waals surface area contributed by atoms with Crippen molar-refractivity contribution in [3.8, 4) is 0 Å². The third kappa shape index (κ3) is 6.04. The molecule has 0 aliphatic carbocycles. The maximum Gasteiger partial charge on any atom is 0.276 e. The number of anilines is 1. The van der Waals surface area contributed by atoms with Crippen LogP contribution in [0.4, 0.5) is 5.13 Å².